The van der Waals surface area contributed by atoms with Crippen molar-refractivity contribution in [3.63, 3.8) is 0 Å². The van der Waals surface area contributed by atoms with Crippen LogP contribution in [0, 0.1) is 0 Å². The predicted molar refractivity (Wildman–Crippen MR) is 92.6 cm³/mol. The van der Waals surface area contributed by atoms with Crippen molar-refractivity contribution in [2.75, 3.05) is 6.26 Å². The summed E-state index contributed by atoms with van der Waals surface area (Å²) in [7, 11) is -3.31. The highest BCUT2D eigenvalue weighted by atomic mass is 32.2. The average molecular weight is 326 g/mol. The minimum Gasteiger partial charge on any atom is -0.253 e. The van der Waals surface area contributed by atoms with Crippen LogP contribution in [0.15, 0.2) is 66.7 Å². The number of nitrogens with zero attached hydrogens (tertiary/aromatic N) is 1. The van der Waals surface area contributed by atoms with Crippen LogP contribution in [0.25, 0.3) is 10.9 Å². The van der Waals surface area contributed by atoms with E-state index < -0.39 is 10.0 Å². The van der Waals surface area contributed by atoms with Gasteiger partial charge in [-0.3, -0.25) is 4.98 Å². The fourth-order valence-corrected chi connectivity index (χ4v) is 3.34. The van der Waals surface area contributed by atoms with E-state index in [-0.39, 0.29) is 6.04 Å². The lowest BCUT2D eigenvalue weighted by molar-refractivity contribution is 0.559. The molecule has 0 spiro atoms. The first-order chi connectivity index (χ1) is 11.0. The van der Waals surface area contributed by atoms with Crippen LogP contribution < -0.4 is 4.72 Å². The second-order valence-electron chi connectivity index (χ2n) is 5.55. The minimum atomic E-state index is -3.31. The molecule has 1 heterocycles. The molecule has 1 N–H and O–H groups in total. The Labute approximate surface area is 136 Å². The van der Waals surface area contributed by atoms with Gasteiger partial charge in [-0.15, -0.1) is 0 Å². The fraction of sp³-hybridized carbons (Fsp3) is 0.167. The molecule has 1 atom stereocenters. The van der Waals surface area contributed by atoms with E-state index in [1.807, 2.05) is 66.7 Å². The first-order valence-corrected chi connectivity index (χ1v) is 9.27. The van der Waals surface area contributed by atoms with E-state index in [4.69, 9.17) is 0 Å². The number of sulfonamides is 1. The van der Waals surface area contributed by atoms with E-state index in [2.05, 4.69) is 9.71 Å². The molecule has 0 aliphatic rings. The maximum atomic E-state index is 11.7. The zero-order valence-electron chi connectivity index (χ0n) is 12.8. The molecule has 0 aliphatic carbocycles. The van der Waals surface area contributed by atoms with Gasteiger partial charge in [0.1, 0.15) is 0 Å². The molecule has 3 rings (SSSR count). The molecule has 2 aromatic carbocycles. The van der Waals surface area contributed by atoms with Crippen molar-refractivity contribution in [2.45, 2.75) is 12.5 Å². The quantitative estimate of drug-likeness (QED) is 0.784. The number of fused-ring (bicyclic) bond motifs is 1. The molecule has 5 heteroatoms. The van der Waals surface area contributed by atoms with E-state index in [1.165, 1.54) is 6.26 Å². The van der Waals surface area contributed by atoms with Crippen LogP contribution in [0.3, 0.4) is 0 Å². The summed E-state index contributed by atoms with van der Waals surface area (Å²) in [5.74, 6) is 0. The molecule has 118 valence electrons. The van der Waals surface area contributed by atoms with Gasteiger partial charge in [-0.25, -0.2) is 13.1 Å². The predicted octanol–water partition coefficient (Wildman–Crippen LogP) is 3.07. The Morgan fingerprint density at radius 3 is 2.39 bits per heavy atom. The molecule has 0 bridgehead atoms. The van der Waals surface area contributed by atoms with Crippen LogP contribution in [0.2, 0.25) is 0 Å². The van der Waals surface area contributed by atoms with E-state index >= 15 is 0 Å². The molecule has 1 aromatic heterocycles. The Balaban J connectivity index is 1.93. The maximum absolute atomic E-state index is 11.7. The molecule has 0 saturated heterocycles. The third kappa shape index (κ3) is 4.15. The van der Waals surface area contributed by atoms with Crippen molar-refractivity contribution in [3.05, 3.63) is 78.0 Å². The molecule has 0 saturated carbocycles. The summed E-state index contributed by atoms with van der Waals surface area (Å²) in [4.78, 5) is 4.64. The lowest BCUT2D eigenvalue weighted by atomic mass is 10.0. The van der Waals surface area contributed by atoms with Crippen LogP contribution >= 0.6 is 0 Å². The molecule has 23 heavy (non-hydrogen) atoms. The van der Waals surface area contributed by atoms with Crippen LogP contribution in [-0.2, 0) is 16.4 Å². The zero-order valence-corrected chi connectivity index (χ0v) is 13.6. The number of nitrogens with one attached hydrogen (secondary N) is 1. The highest BCUT2D eigenvalue weighted by Crippen LogP contribution is 2.20. The van der Waals surface area contributed by atoms with E-state index in [1.54, 1.807) is 0 Å². The standard InChI is InChI=1S/C18H18N2O2S/c1-23(21,22)20-18(14-7-3-2-4-8-14)13-16-12-11-15-9-5-6-10-17(15)19-16/h2-12,18,20H,13H2,1H3. The summed E-state index contributed by atoms with van der Waals surface area (Å²) >= 11 is 0. The normalized spacial score (nSPS) is 13.1. The molecule has 3 aromatic rings. The van der Waals surface area contributed by atoms with Gasteiger partial charge < -0.3 is 0 Å². The number of pyridine rings is 1. The Kier molecular flexibility index (Phi) is 4.41. The summed E-state index contributed by atoms with van der Waals surface area (Å²) in [5, 5.41) is 1.07. The number of aromatic nitrogens is 1. The Hall–Kier alpha value is -2.24. The molecule has 0 radical (unpaired) electrons. The largest absolute Gasteiger partial charge is 0.253 e. The van der Waals surface area contributed by atoms with Gasteiger partial charge >= 0.3 is 0 Å². The van der Waals surface area contributed by atoms with E-state index in [0.29, 0.717) is 6.42 Å². The van der Waals surface area contributed by atoms with Gasteiger partial charge in [0.05, 0.1) is 17.8 Å². The van der Waals surface area contributed by atoms with Gasteiger partial charge in [0.25, 0.3) is 0 Å². The highest BCUT2D eigenvalue weighted by Gasteiger charge is 2.17. The van der Waals surface area contributed by atoms with Crippen molar-refractivity contribution in [1.82, 2.24) is 9.71 Å². The molecule has 1 unspecified atom stereocenters. The molecule has 0 aliphatic heterocycles. The average Bonchev–Trinajstić information content (AvgIpc) is 2.54. The van der Waals surface area contributed by atoms with Gasteiger partial charge in [-0.1, -0.05) is 54.6 Å². The Morgan fingerprint density at radius 1 is 0.957 bits per heavy atom. The van der Waals surface area contributed by atoms with Crippen molar-refractivity contribution in [3.8, 4) is 0 Å². The highest BCUT2D eigenvalue weighted by molar-refractivity contribution is 7.88. The number of rotatable bonds is 5. The molecular formula is C18H18N2O2S. The van der Waals surface area contributed by atoms with Gasteiger partial charge in [0.15, 0.2) is 0 Å². The van der Waals surface area contributed by atoms with Crippen LogP contribution in [-0.4, -0.2) is 19.7 Å². The third-order valence-corrected chi connectivity index (χ3v) is 4.34. The number of hydrogen-bond acceptors (Lipinski definition) is 3. The van der Waals surface area contributed by atoms with Gasteiger partial charge in [-0.05, 0) is 17.7 Å². The molecular weight excluding hydrogens is 308 g/mol. The number of hydrogen-bond donors (Lipinski definition) is 1. The summed E-state index contributed by atoms with van der Waals surface area (Å²) in [6.07, 6.45) is 1.68. The van der Waals surface area contributed by atoms with Crippen molar-refractivity contribution < 1.29 is 8.42 Å². The van der Waals surface area contributed by atoms with Gasteiger partial charge in [0, 0.05) is 17.5 Å². The van der Waals surface area contributed by atoms with E-state index in [0.717, 1.165) is 22.2 Å². The minimum absolute atomic E-state index is 0.333. The lowest BCUT2D eigenvalue weighted by Gasteiger charge is -2.18. The summed E-state index contributed by atoms with van der Waals surface area (Å²) in [5.41, 5.74) is 2.69. The number of para-hydroxylation sites is 1. The zero-order chi connectivity index (χ0) is 16.3. The summed E-state index contributed by atoms with van der Waals surface area (Å²) in [6, 6.07) is 21.1. The van der Waals surface area contributed by atoms with Gasteiger partial charge in [0.2, 0.25) is 10.0 Å². The van der Waals surface area contributed by atoms with Crippen molar-refractivity contribution in [1.29, 1.82) is 0 Å². The fourth-order valence-electron chi connectivity index (χ4n) is 2.60. The first-order valence-electron chi connectivity index (χ1n) is 7.38. The second kappa shape index (κ2) is 6.48. The Bertz CT molecular complexity index is 908. The van der Waals surface area contributed by atoms with Crippen molar-refractivity contribution >= 4 is 20.9 Å². The molecule has 4 nitrogen and oxygen atoms in total. The van der Waals surface area contributed by atoms with Crippen LogP contribution in [0.1, 0.15) is 17.3 Å². The molecule has 0 amide bonds. The Morgan fingerprint density at radius 2 is 1.65 bits per heavy atom. The number of benzene rings is 2. The second-order valence-corrected chi connectivity index (χ2v) is 7.33. The monoisotopic (exact) mass is 326 g/mol. The third-order valence-electron chi connectivity index (χ3n) is 3.63. The molecule has 0 fully saturated rings. The topological polar surface area (TPSA) is 59.1 Å². The summed E-state index contributed by atoms with van der Waals surface area (Å²) < 4.78 is 26.1. The van der Waals surface area contributed by atoms with Crippen LogP contribution in [0.4, 0.5) is 0 Å². The van der Waals surface area contributed by atoms with Crippen molar-refractivity contribution in [2.24, 2.45) is 0 Å². The lowest BCUT2D eigenvalue weighted by Crippen LogP contribution is -2.29. The van der Waals surface area contributed by atoms with Gasteiger partial charge in [-0.2, -0.15) is 0 Å². The smallest absolute Gasteiger partial charge is 0.209 e. The SMILES string of the molecule is CS(=O)(=O)NC(Cc1ccc2ccccc2n1)c1ccccc1. The first kappa shape index (κ1) is 15.6. The van der Waals surface area contributed by atoms with E-state index in [9.17, 15) is 8.42 Å². The summed E-state index contributed by atoms with van der Waals surface area (Å²) in [6.45, 7) is 0. The maximum Gasteiger partial charge on any atom is 0.209 e. The van der Waals surface area contributed by atoms with Crippen LogP contribution in [0.5, 0.6) is 0 Å².